The number of carbonyl (C=O) groups excluding carboxylic acids is 2. The monoisotopic (exact) mass is 235 g/mol. The summed E-state index contributed by atoms with van der Waals surface area (Å²) in [5.41, 5.74) is 1.50. The largest absolute Gasteiger partial charge is 0.352 e. The van der Waals surface area contributed by atoms with Gasteiger partial charge in [-0.15, -0.1) is 0 Å². The Balaban J connectivity index is 4.68. The molecular formula is C14H21NO2. The minimum Gasteiger partial charge on any atom is -0.352 e. The highest BCUT2D eigenvalue weighted by Gasteiger charge is 2.04. The molecule has 0 aliphatic carbocycles. The van der Waals surface area contributed by atoms with Crippen LogP contribution in [0.5, 0.6) is 0 Å². The first-order chi connectivity index (χ1) is 8.08. The molecule has 0 saturated carbocycles. The Bertz CT molecular complexity index is 351. The molecule has 0 fully saturated rings. The number of rotatable bonds is 7. The number of ketones is 1. The highest BCUT2D eigenvalue weighted by Crippen LogP contribution is 2.07. The second-order valence-corrected chi connectivity index (χ2v) is 3.57. The Kier molecular flexibility index (Phi) is 7.68. The normalized spacial score (nSPS) is 12.2. The van der Waals surface area contributed by atoms with Gasteiger partial charge in [0.1, 0.15) is 0 Å². The van der Waals surface area contributed by atoms with E-state index in [0.717, 1.165) is 5.57 Å². The highest BCUT2D eigenvalue weighted by molar-refractivity contribution is 5.97. The Morgan fingerprint density at radius 1 is 1.24 bits per heavy atom. The van der Waals surface area contributed by atoms with Gasteiger partial charge < -0.3 is 5.32 Å². The van der Waals surface area contributed by atoms with Crippen molar-refractivity contribution in [1.82, 2.24) is 5.32 Å². The molecule has 0 radical (unpaired) electrons. The maximum absolute atomic E-state index is 11.6. The summed E-state index contributed by atoms with van der Waals surface area (Å²) in [6.45, 7) is 9.53. The molecule has 0 atom stereocenters. The van der Waals surface area contributed by atoms with Crippen LogP contribution in [0.2, 0.25) is 0 Å². The molecule has 0 aliphatic heterocycles. The predicted molar refractivity (Wildman–Crippen MR) is 70.6 cm³/mol. The molecule has 0 aromatic heterocycles. The van der Waals surface area contributed by atoms with Crippen molar-refractivity contribution >= 4 is 11.7 Å². The summed E-state index contributed by atoms with van der Waals surface area (Å²) in [6, 6.07) is 0. The minimum atomic E-state index is -0.0124. The van der Waals surface area contributed by atoms with E-state index in [1.807, 2.05) is 13.8 Å². The first kappa shape index (κ1) is 15.4. The molecule has 94 valence electrons. The fraction of sp³-hybridized carbons (Fsp3) is 0.429. The molecule has 0 unspecified atom stereocenters. The van der Waals surface area contributed by atoms with Gasteiger partial charge in [0, 0.05) is 25.0 Å². The molecule has 0 heterocycles. The maximum atomic E-state index is 11.6. The lowest BCUT2D eigenvalue weighted by Crippen LogP contribution is -2.24. The molecule has 3 heteroatoms. The summed E-state index contributed by atoms with van der Waals surface area (Å²) >= 11 is 0. The molecule has 0 rings (SSSR count). The van der Waals surface area contributed by atoms with Crippen LogP contribution in [0.4, 0.5) is 0 Å². The van der Waals surface area contributed by atoms with Gasteiger partial charge in [-0.05, 0) is 18.6 Å². The van der Waals surface area contributed by atoms with Crippen LogP contribution in [0.15, 0.2) is 36.0 Å². The smallest absolute Gasteiger partial charge is 0.219 e. The topological polar surface area (TPSA) is 46.2 Å². The Hall–Kier alpha value is -1.64. The van der Waals surface area contributed by atoms with E-state index in [2.05, 4.69) is 11.9 Å². The van der Waals surface area contributed by atoms with Crippen molar-refractivity contribution in [1.29, 1.82) is 0 Å². The maximum Gasteiger partial charge on any atom is 0.219 e. The van der Waals surface area contributed by atoms with Crippen molar-refractivity contribution in [3.05, 3.63) is 36.0 Å². The lowest BCUT2D eigenvalue weighted by Gasteiger charge is -2.06. The fourth-order valence-electron chi connectivity index (χ4n) is 1.24. The van der Waals surface area contributed by atoms with Gasteiger partial charge in [0.2, 0.25) is 5.91 Å². The summed E-state index contributed by atoms with van der Waals surface area (Å²) < 4.78 is 0. The zero-order valence-corrected chi connectivity index (χ0v) is 10.9. The van der Waals surface area contributed by atoms with Crippen molar-refractivity contribution in [3.8, 4) is 0 Å². The number of nitrogens with one attached hydrogen (secondary N) is 1. The summed E-state index contributed by atoms with van der Waals surface area (Å²) in [4.78, 5) is 22.7. The zero-order chi connectivity index (χ0) is 13.3. The van der Waals surface area contributed by atoms with Crippen LogP contribution in [-0.4, -0.2) is 18.2 Å². The van der Waals surface area contributed by atoms with Crippen LogP contribution in [0.3, 0.4) is 0 Å². The molecule has 0 aliphatic rings. The molecule has 3 nitrogen and oxygen atoms in total. The first-order valence-corrected chi connectivity index (χ1v) is 5.88. The van der Waals surface area contributed by atoms with Crippen LogP contribution in [0.25, 0.3) is 0 Å². The van der Waals surface area contributed by atoms with Crippen LogP contribution >= 0.6 is 0 Å². The number of allylic oxidation sites excluding steroid dienone is 3. The average Bonchev–Trinajstić information content (AvgIpc) is 2.37. The molecule has 0 bridgehead atoms. The van der Waals surface area contributed by atoms with E-state index in [9.17, 15) is 9.59 Å². The van der Waals surface area contributed by atoms with Gasteiger partial charge in [0.05, 0.1) is 0 Å². The van der Waals surface area contributed by atoms with Gasteiger partial charge >= 0.3 is 0 Å². The van der Waals surface area contributed by atoms with Gasteiger partial charge in [0.15, 0.2) is 5.78 Å². The zero-order valence-electron chi connectivity index (χ0n) is 10.9. The SMILES string of the molecule is C=C/C(=C\C(=C/C)C(=O)CC)CNC(=O)CC. The number of hydrogen-bond donors (Lipinski definition) is 1. The van der Waals surface area contributed by atoms with Crippen molar-refractivity contribution in [2.24, 2.45) is 0 Å². The molecule has 0 aromatic carbocycles. The number of hydrogen-bond acceptors (Lipinski definition) is 2. The third kappa shape index (κ3) is 5.85. The standard InChI is InChI=1S/C14H21NO2/c1-5-11(10-15-14(17)8-4)9-12(6-2)13(16)7-3/h5-6,9H,1,7-8,10H2,2-4H3,(H,15,17)/b11-9+,12-6+. The predicted octanol–water partition coefficient (Wildman–Crippen LogP) is 2.55. The van der Waals surface area contributed by atoms with Crippen molar-refractivity contribution in [3.63, 3.8) is 0 Å². The van der Waals surface area contributed by atoms with E-state index in [1.54, 1.807) is 25.2 Å². The number of amides is 1. The fourth-order valence-corrected chi connectivity index (χ4v) is 1.24. The second-order valence-electron chi connectivity index (χ2n) is 3.57. The van der Waals surface area contributed by atoms with Gasteiger partial charge in [-0.3, -0.25) is 9.59 Å². The van der Waals surface area contributed by atoms with Crippen LogP contribution in [0.1, 0.15) is 33.6 Å². The van der Waals surface area contributed by atoms with E-state index < -0.39 is 0 Å². The summed E-state index contributed by atoms with van der Waals surface area (Å²) in [7, 11) is 0. The molecule has 1 amide bonds. The molecular weight excluding hydrogens is 214 g/mol. The van der Waals surface area contributed by atoms with Gasteiger partial charge in [0.25, 0.3) is 0 Å². The summed E-state index contributed by atoms with van der Waals surface area (Å²) in [5, 5.41) is 2.75. The highest BCUT2D eigenvalue weighted by atomic mass is 16.1. The van der Waals surface area contributed by atoms with Crippen LogP contribution < -0.4 is 5.32 Å². The van der Waals surface area contributed by atoms with E-state index in [-0.39, 0.29) is 11.7 Å². The van der Waals surface area contributed by atoms with Gasteiger partial charge in [-0.1, -0.05) is 32.6 Å². The third-order valence-electron chi connectivity index (χ3n) is 2.37. The number of carbonyl (C=O) groups is 2. The van der Waals surface area contributed by atoms with Crippen LogP contribution in [0, 0.1) is 0 Å². The van der Waals surface area contributed by atoms with Crippen molar-refractivity contribution in [2.45, 2.75) is 33.6 Å². The van der Waals surface area contributed by atoms with E-state index >= 15 is 0 Å². The summed E-state index contributed by atoms with van der Waals surface area (Å²) in [5.74, 6) is 0.0789. The second kappa shape index (κ2) is 8.50. The Morgan fingerprint density at radius 2 is 1.88 bits per heavy atom. The van der Waals surface area contributed by atoms with Gasteiger partial charge in [-0.25, -0.2) is 0 Å². The Labute approximate surface area is 103 Å². The molecule has 1 N–H and O–H groups in total. The summed E-state index contributed by atoms with van der Waals surface area (Å²) in [6.07, 6.45) is 6.13. The number of Topliss-reactive ketones (excluding diaryl/α,β-unsaturated/α-hetero) is 1. The molecule has 0 saturated heterocycles. The van der Waals surface area contributed by atoms with E-state index in [4.69, 9.17) is 0 Å². The van der Waals surface area contributed by atoms with E-state index in [0.29, 0.717) is 25.0 Å². The molecule has 0 aromatic rings. The van der Waals surface area contributed by atoms with Gasteiger partial charge in [-0.2, -0.15) is 0 Å². The van der Waals surface area contributed by atoms with Crippen molar-refractivity contribution < 1.29 is 9.59 Å². The third-order valence-corrected chi connectivity index (χ3v) is 2.37. The lowest BCUT2D eigenvalue weighted by atomic mass is 10.1. The Morgan fingerprint density at radius 3 is 2.29 bits per heavy atom. The van der Waals surface area contributed by atoms with Crippen LogP contribution in [-0.2, 0) is 9.59 Å². The first-order valence-electron chi connectivity index (χ1n) is 5.88. The minimum absolute atomic E-state index is 0.0124. The molecule has 17 heavy (non-hydrogen) atoms. The lowest BCUT2D eigenvalue weighted by molar-refractivity contribution is -0.120. The van der Waals surface area contributed by atoms with E-state index in [1.165, 1.54) is 0 Å². The molecule has 0 spiro atoms. The quantitative estimate of drug-likeness (QED) is 0.544. The van der Waals surface area contributed by atoms with Crippen molar-refractivity contribution in [2.75, 3.05) is 6.54 Å². The average molecular weight is 235 g/mol.